The number of aliphatic imine (C=N–C) groups is 1. The molecule has 2 aliphatic rings. The highest BCUT2D eigenvalue weighted by Crippen LogP contribution is 2.31. The van der Waals surface area contributed by atoms with E-state index < -0.39 is 0 Å². The van der Waals surface area contributed by atoms with Gasteiger partial charge in [-0.15, -0.1) is 5.10 Å². The molecule has 1 atom stereocenters. The second-order valence-corrected chi connectivity index (χ2v) is 7.25. The third-order valence-corrected chi connectivity index (χ3v) is 5.39. The quantitative estimate of drug-likeness (QED) is 0.468. The van der Waals surface area contributed by atoms with Gasteiger partial charge < -0.3 is 4.74 Å². The van der Waals surface area contributed by atoms with Crippen LogP contribution in [-0.4, -0.2) is 42.0 Å². The standard InChI is InChI=1S/C21H17N7O/c1-13-2-3-16-17(8-13)28-15(10-25-26-28)9-18-20(24-12-27(16)18)21-23-11-19(29-21)14-4-6-22-7-5-14/h2-8,10,12,19H,9,11H2,1H3. The van der Waals surface area contributed by atoms with Gasteiger partial charge in [-0.2, -0.15) is 0 Å². The van der Waals surface area contributed by atoms with E-state index in [-0.39, 0.29) is 6.10 Å². The van der Waals surface area contributed by atoms with E-state index >= 15 is 0 Å². The summed E-state index contributed by atoms with van der Waals surface area (Å²) in [5.41, 5.74) is 7.02. The molecule has 1 unspecified atom stereocenters. The lowest BCUT2D eigenvalue weighted by Gasteiger charge is -2.12. The van der Waals surface area contributed by atoms with Gasteiger partial charge >= 0.3 is 0 Å². The summed E-state index contributed by atoms with van der Waals surface area (Å²) < 4.78 is 10.2. The topological polar surface area (TPSA) is 83.0 Å². The summed E-state index contributed by atoms with van der Waals surface area (Å²) in [7, 11) is 0. The fraction of sp³-hybridized carbons (Fsp3) is 0.190. The first kappa shape index (κ1) is 16.2. The predicted molar refractivity (Wildman–Crippen MR) is 105 cm³/mol. The van der Waals surface area contributed by atoms with Gasteiger partial charge in [-0.1, -0.05) is 11.3 Å². The van der Waals surface area contributed by atoms with E-state index in [1.165, 1.54) is 0 Å². The molecule has 0 N–H and O–H groups in total. The van der Waals surface area contributed by atoms with Crippen molar-refractivity contribution >= 4 is 5.90 Å². The molecule has 0 saturated heterocycles. The average Bonchev–Trinajstić information content (AvgIpc) is 3.48. The summed E-state index contributed by atoms with van der Waals surface area (Å²) in [6, 6.07) is 10.2. The van der Waals surface area contributed by atoms with Crippen molar-refractivity contribution in [3.8, 4) is 11.4 Å². The van der Waals surface area contributed by atoms with Crippen molar-refractivity contribution in [1.29, 1.82) is 0 Å². The molecule has 8 heteroatoms. The largest absolute Gasteiger partial charge is 0.466 e. The summed E-state index contributed by atoms with van der Waals surface area (Å²) in [4.78, 5) is 13.4. The Labute approximate surface area is 166 Å². The van der Waals surface area contributed by atoms with E-state index in [9.17, 15) is 0 Å². The summed E-state index contributed by atoms with van der Waals surface area (Å²) in [6.07, 6.45) is 7.70. The number of rotatable bonds is 2. The molecule has 0 saturated carbocycles. The highest BCUT2D eigenvalue weighted by molar-refractivity contribution is 5.95. The molecule has 2 aliphatic heterocycles. The van der Waals surface area contributed by atoms with Crippen molar-refractivity contribution in [2.24, 2.45) is 4.99 Å². The molecule has 0 amide bonds. The highest BCUT2D eigenvalue weighted by Gasteiger charge is 2.30. The lowest BCUT2D eigenvalue weighted by atomic mass is 10.1. The minimum absolute atomic E-state index is 0.113. The van der Waals surface area contributed by atoms with Crippen molar-refractivity contribution in [3.05, 3.63) is 83.5 Å². The first-order valence-electron chi connectivity index (χ1n) is 9.46. The molecule has 0 bridgehead atoms. The van der Waals surface area contributed by atoms with E-state index in [1.807, 2.05) is 23.1 Å². The van der Waals surface area contributed by atoms with E-state index in [0.717, 1.165) is 39.6 Å². The van der Waals surface area contributed by atoms with Crippen LogP contribution in [0, 0.1) is 6.92 Å². The van der Waals surface area contributed by atoms with Crippen LogP contribution in [0.5, 0.6) is 0 Å². The van der Waals surface area contributed by atoms with Crippen LogP contribution in [-0.2, 0) is 11.2 Å². The molecule has 0 radical (unpaired) electrons. The van der Waals surface area contributed by atoms with Crippen molar-refractivity contribution in [3.63, 3.8) is 0 Å². The van der Waals surface area contributed by atoms with E-state index in [1.54, 1.807) is 18.6 Å². The number of benzene rings is 1. The maximum atomic E-state index is 6.18. The van der Waals surface area contributed by atoms with Crippen LogP contribution in [0.3, 0.4) is 0 Å². The van der Waals surface area contributed by atoms with Crippen molar-refractivity contribution in [2.45, 2.75) is 19.4 Å². The van der Waals surface area contributed by atoms with Crippen LogP contribution < -0.4 is 0 Å². The normalized spacial score (nSPS) is 17.0. The van der Waals surface area contributed by atoms with Crippen LogP contribution in [0.4, 0.5) is 0 Å². The van der Waals surface area contributed by atoms with E-state index in [4.69, 9.17) is 4.74 Å². The maximum Gasteiger partial charge on any atom is 0.238 e. The molecule has 5 heterocycles. The van der Waals surface area contributed by atoms with Gasteiger partial charge in [0.25, 0.3) is 0 Å². The smallest absolute Gasteiger partial charge is 0.238 e. The summed E-state index contributed by atoms with van der Waals surface area (Å²) in [5.74, 6) is 0.579. The number of hydrogen-bond acceptors (Lipinski definition) is 6. The average molecular weight is 383 g/mol. The highest BCUT2D eigenvalue weighted by atomic mass is 16.5. The van der Waals surface area contributed by atoms with Gasteiger partial charge in [0.05, 0.1) is 35.5 Å². The molecule has 3 aromatic heterocycles. The Kier molecular flexibility index (Phi) is 3.40. The van der Waals surface area contributed by atoms with Gasteiger partial charge in [-0.3, -0.25) is 9.55 Å². The minimum atomic E-state index is -0.113. The molecule has 8 nitrogen and oxygen atoms in total. The van der Waals surface area contributed by atoms with Gasteiger partial charge in [0.15, 0.2) is 0 Å². The van der Waals surface area contributed by atoms with E-state index in [2.05, 4.69) is 55.0 Å². The maximum absolute atomic E-state index is 6.18. The lowest BCUT2D eigenvalue weighted by Crippen LogP contribution is -2.10. The molecular weight excluding hydrogens is 366 g/mol. The Morgan fingerprint density at radius 3 is 2.90 bits per heavy atom. The fourth-order valence-corrected chi connectivity index (χ4v) is 3.94. The van der Waals surface area contributed by atoms with Gasteiger partial charge in [0, 0.05) is 18.8 Å². The number of hydrogen-bond donors (Lipinski definition) is 0. The van der Waals surface area contributed by atoms with Crippen molar-refractivity contribution in [2.75, 3.05) is 6.54 Å². The zero-order valence-corrected chi connectivity index (χ0v) is 15.7. The van der Waals surface area contributed by atoms with Crippen LogP contribution in [0.25, 0.3) is 11.4 Å². The van der Waals surface area contributed by atoms with Gasteiger partial charge in [-0.05, 0) is 42.3 Å². The molecule has 29 heavy (non-hydrogen) atoms. The molecular formula is C21H17N7O. The Hall–Kier alpha value is -3.81. The number of fused-ring (bicyclic) bond motifs is 5. The van der Waals surface area contributed by atoms with Crippen LogP contribution in [0.15, 0.2) is 60.2 Å². The first-order valence-corrected chi connectivity index (χ1v) is 9.46. The SMILES string of the molecule is Cc1ccc2c(c1)-n1nncc1Cc1c(C3=NCC(c4ccncc4)O3)ncn1-2. The summed E-state index contributed by atoms with van der Waals surface area (Å²) >= 11 is 0. The Morgan fingerprint density at radius 2 is 2.00 bits per heavy atom. The number of pyridine rings is 1. The lowest BCUT2D eigenvalue weighted by molar-refractivity contribution is 0.229. The molecule has 4 aromatic rings. The Bertz CT molecular complexity index is 1260. The zero-order chi connectivity index (χ0) is 19.4. The van der Waals surface area contributed by atoms with E-state index in [0.29, 0.717) is 18.9 Å². The third-order valence-electron chi connectivity index (χ3n) is 5.39. The van der Waals surface area contributed by atoms with Crippen molar-refractivity contribution < 1.29 is 4.74 Å². The Morgan fingerprint density at radius 1 is 1.10 bits per heavy atom. The van der Waals surface area contributed by atoms with Gasteiger partial charge in [0.2, 0.25) is 5.90 Å². The van der Waals surface area contributed by atoms with Crippen LogP contribution >= 0.6 is 0 Å². The molecule has 142 valence electrons. The Balaban J connectivity index is 1.44. The number of aromatic nitrogens is 6. The number of nitrogens with zero attached hydrogens (tertiary/aromatic N) is 7. The second-order valence-electron chi connectivity index (χ2n) is 7.25. The summed E-state index contributed by atoms with van der Waals surface area (Å²) in [6.45, 7) is 2.64. The molecule has 0 spiro atoms. The van der Waals surface area contributed by atoms with Crippen molar-refractivity contribution in [1.82, 2.24) is 29.5 Å². The fourth-order valence-electron chi connectivity index (χ4n) is 3.94. The number of ether oxygens (including phenoxy) is 1. The first-order chi connectivity index (χ1) is 14.3. The second kappa shape index (κ2) is 6.10. The van der Waals surface area contributed by atoms with Crippen LogP contribution in [0.1, 0.15) is 34.3 Å². The third kappa shape index (κ3) is 2.49. The zero-order valence-electron chi connectivity index (χ0n) is 15.7. The van der Waals surface area contributed by atoms with Gasteiger partial charge in [0.1, 0.15) is 18.1 Å². The molecule has 6 rings (SSSR count). The monoisotopic (exact) mass is 383 g/mol. The molecule has 0 fully saturated rings. The van der Waals surface area contributed by atoms with Crippen LogP contribution in [0.2, 0.25) is 0 Å². The number of aryl methyl sites for hydroxylation is 1. The van der Waals surface area contributed by atoms with Gasteiger partial charge in [-0.25, -0.2) is 14.7 Å². The molecule has 1 aromatic carbocycles. The minimum Gasteiger partial charge on any atom is -0.466 e. The molecule has 0 aliphatic carbocycles. The predicted octanol–water partition coefficient (Wildman–Crippen LogP) is 2.58. The summed E-state index contributed by atoms with van der Waals surface area (Å²) in [5, 5.41) is 8.43. The number of imidazole rings is 1.